The monoisotopic (exact) mass is 542 g/mol. The Labute approximate surface area is 219 Å². The van der Waals surface area contributed by atoms with E-state index in [0.29, 0.717) is 43.3 Å². The van der Waals surface area contributed by atoms with Crippen molar-refractivity contribution in [2.75, 3.05) is 26.1 Å². The first-order chi connectivity index (χ1) is 17.7. The molecule has 10 nitrogen and oxygen atoms in total. The number of nitrogens with one attached hydrogen (secondary N) is 1. The summed E-state index contributed by atoms with van der Waals surface area (Å²) in [6, 6.07) is 13.0. The highest BCUT2D eigenvalue weighted by Gasteiger charge is 2.41. The Morgan fingerprint density at radius 2 is 1.78 bits per heavy atom. The van der Waals surface area contributed by atoms with E-state index in [1.54, 1.807) is 18.2 Å². The zero-order chi connectivity index (χ0) is 26.6. The molecule has 0 saturated carbocycles. The molecule has 2 aromatic carbocycles. The number of nitrogens with zero attached hydrogens (tertiary/aromatic N) is 3. The molecule has 0 spiro atoms. The number of rotatable bonds is 9. The molecule has 0 fully saturated rings. The second-order valence-electron chi connectivity index (χ2n) is 8.18. The van der Waals surface area contributed by atoms with Gasteiger partial charge in [0.15, 0.2) is 11.5 Å². The topological polar surface area (TPSA) is 131 Å². The molecule has 0 unspecified atom stereocenters. The molecular formula is C25H26N4O6S2. The largest absolute Gasteiger partial charge is 0.493 e. The third-order valence-electron chi connectivity index (χ3n) is 5.24. The van der Waals surface area contributed by atoms with Gasteiger partial charge >= 0.3 is 0 Å². The molecule has 12 heteroatoms. The van der Waals surface area contributed by atoms with Crippen LogP contribution in [-0.2, 0) is 14.6 Å². The maximum Gasteiger partial charge on any atom is 0.283 e. The van der Waals surface area contributed by atoms with Crippen LogP contribution in [0.4, 0.5) is 0 Å². The average molecular weight is 543 g/mol. The SMILES string of the molecule is CCOc1cc(/C=C2/C(=N)N3C(=NC2=O)SN=C3S(C)(=O)=O)ccc1OCCCOc1ccc(C)cc1. The fraction of sp³-hybridized carbons (Fsp3) is 0.280. The summed E-state index contributed by atoms with van der Waals surface area (Å²) in [6.07, 6.45) is 3.12. The Hall–Kier alpha value is -3.64. The molecule has 0 bridgehead atoms. The smallest absolute Gasteiger partial charge is 0.283 e. The first-order valence-electron chi connectivity index (χ1n) is 11.5. The van der Waals surface area contributed by atoms with E-state index < -0.39 is 15.7 Å². The van der Waals surface area contributed by atoms with Crippen LogP contribution >= 0.6 is 11.9 Å². The van der Waals surface area contributed by atoms with Gasteiger partial charge < -0.3 is 14.2 Å². The number of carbonyl (C=O) groups excluding carboxylic acids is 1. The van der Waals surface area contributed by atoms with Crippen LogP contribution in [0.1, 0.15) is 24.5 Å². The van der Waals surface area contributed by atoms with Crippen LogP contribution in [0, 0.1) is 12.3 Å². The van der Waals surface area contributed by atoms with Crippen molar-refractivity contribution in [3.63, 3.8) is 0 Å². The number of amides is 1. The Kier molecular flexibility index (Phi) is 7.98. The second kappa shape index (κ2) is 11.2. The summed E-state index contributed by atoms with van der Waals surface area (Å²) in [5.74, 6) is 0.855. The lowest BCUT2D eigenvalue weighted by Crippen LogP contribution is -2.45. The highest BCUT2D eigenvalue weighted by Crippen LogP contribution is 2.32. The average Bonchev–Trinajstić information content (AvgIpc) is 3.28. The van der Waals surface area contributed by atoms with Crippen molar-refractivity contribution in [3.05, 3.63) is 59.2 Å². The van der Waals surface area contributed by atoms with Crippen LogP contribution in [0.3, 0.4) is 0 Å². The first-order valence-corrected chi connectivity index (χ1v) is 14.1. The maximum atomic E-state index is 12.6. The fourth-order valence-electron chi connectivity index (χ4n) is 3.47. The van der Waals surface area contributed by atoms with E-state index >= 15 is 0 Å². The maximum absolute atomic E-state index is 12.6. The molecule has 1 amide bonds. The minimum Gasteiger partial charge on any atom is -0.493 e. The van der Waals surface area contributed by atoms with Crippen molar-refractivity contribution in [2.45, 2.75) is 20.3 Å². The van der Waals surface area contributed by atoms with E-state index in [2.05, 4.69) is 9.39 Å². The normalized spacial score (nSPS) is 16.4. The van der Waals surface area contributed by atoms with Gasteiger partial charge in [0.1, 0.15) is 11.6 Å². The summed E-state index contributed by atoms with van der Waals surface area (Å²) in [7, 11) is -3.72. The Morgan fingerprint density at radius 1 is 1.05 bits per heavy atom. The van der Waals surface area contributed by atoms with E-state index in [1.807, 2.05) is 38.1 Å². The lowest BCUT2D eigenvalue weighted by molar-refractivity contribution is -0.114. The minimum atomic E-state index is -3.72. The van der Waals surface area contributed by atoms with Crippen molar-refractivity contribution in [1.29, 1.82) is 5.41 Å². The molecule has 4 rings (SSSR count). The predicted molar refractivity (Wildman–Crippen MR) is 144 cm³/mol. The predicted octanol–water partition coefficient (Wildman–Crippen LogP) is 3.86. The molecule has 0 saturated heterocycles. The number of fused-ring (bicyclic) bond motifs is 1. The van der Waals surface area contributed by atoms with Crippen molar-refractivity contribution in [3.8, 4) is 17.2 Å². The van der Waals surface area contributed by atoms with Crippen molar-refractivity contribution >= 4 is 49.9 Å². The van der Waals surface area contributed by atoms with Gasteiger partial charge in [0.2, 0.25) is 20.2 Å². The van der Waals surface area contributed by atoms with Gasteiger partial charge in [0, 0.05) is 12.7 Å². The van der Waals surface area contributed by atoms with Gasteiger partial charge in [-0.15, -0.1) is 0 Å². The van der Waals surface area contributed by atoms with Gasteiger partial charge in [-0.3, -0.25) is 10.2 Å². The molecule has 37 heavy (non-hydrogen) atoms. The molecule has 0 radical (unpaired) electrons. The minimum absolute atomic E-state index is 0.0395. The zero-order valence-corrected chi connectivity index (χ0v) is 22.2. The quantitative estimate of drug-likeness (QED) is 0.287. The standard InChI is InChI=1S/C25H26N4O6S2/c1-4-33-21-15-17(8-11-20(21)35-13-5-12-34-18-9-6-16(2)7-10-18)14-19-22(26)29-24(27-23(19)30)36-28-25(29)37(3,31)32/h6-11,14-15,26H,4-5,12-13H2,1-3H3/b19-14-,26-22?. The number of aliphatic imine (C=N–C) groups is 1. The van der Waals surface area contributed by atoms with Gasteiger partial charge in [-0.1, -0.05) is 23.8 Å². The number of ether oxygens (including phenoxy) is 3. The third kappa shape index (κ3) is 6.20. The summed E-state index contributed by atoms with van der Waals surface area (Å²) in [5.41, 5.74) is 1.67. The van der Waals surface area contributed by atoms with Crippen molar-refractivity contribution < 1.29 is 27.4 Å². The number of hydrogen-bond donors (Lipinski definition) is 1. The summed E-state index contributed by atoms with van der Waals surface area (Å²) < 4.78 is 45.3. The Morgan fingerprint density at radius 3 is 2.49 bits per heavy atom. The van der Waals surface area contributed by atoms with E-state index in [0.717, 1.165) is 28.9 Å². The lowest BCUT2D eigenvalue weighted by atomic mass is 10.1. The number of carbonyl (C=O) groups is 1. The van der Waals surface area contributed by atoms with E-state index in [9.17, 15) is 13.2 Å². The van der Waals surface area contributed by atoms with Gasteiger partial charge in [-0.25, -0.2) is 13.3 Å². The molecule has 1 N–H and O–H groups in total. The number of benzene rings is 2. The highest BCUT2D eigenvalue weighted by molar-refractivity contribution is 8.16. The lowest BCUT2D eigenvalue weighted by Gasteiger charge is -2.23. The summed E-state index contributed by atoms with van der Waals surface area (Å²) in [4.78, 5) is 17.6. The molecule has 194 valence electrons. The van der Waals surface area contributed by atoms with Gasteiger partial charge in [0.05, 0.1) is 37.3 Å². The van der Waals surface area contributed by atoms with Crippen LogP contribution in [-0.4, -0.2) is 61.5 Å². The Bertz CT molecular complexity index is 1420. The van der Waals surface area contributed by atoms with Crippen molar-refractivity contribution in [1.82, 2.24) is 4.90 Å². The molecule has 2 aliphatic heterocycles. The third-order valence-corrected chi connectivity index (χ3v) is 6.99. The van der Waals surface area contributed by atoms with Crippen LogP contribution < -0.4 is 14.2 Å². The van der Waals surface area contributed by atoms with Gasteiger partial charge in [-0.2, -0.15) is 9.39 Å². The molecule has 2 heterocycles. The molecule has 2 aliphatic rings. The Balaban J connectivity index is 1.45. The second-order valence-corrected chi connectivity index (χ2v) is 10.8. The molecule has 0 atom stereocenters. The molecule has 2 aromatic rings. The van der Waals surface area contributed by atoms with Crippen LogP contribution in [0.25, 0.3) is 6.08 Å². The summed E-state index contributed by atoms with van der Waals surface area (Å²) in [6.45, 7) is 5.17. The van der Waals surface area contributed by atoms with Crippen molar-refractivity contribution in [2.24, 2.45) is 9.39 Å². The first kappa shape index (κ1) is 26.4. The number of amidine groups is 3. The van der Waals surface area contributed by atoms with Gasteiger partial charge in [-0.05, 0) is 49.8 Å². The van der Waals surface area contributed by atoms with Crippen LogP contribution in [0.15, 0.2) is 57.4 Å². The van der Waals surface area contributed by atoms with Gasteiger partial charge in [0.25, 0.3) is 5.91 Å². The number of aryl methyl sites for hydroxylation is 1. The zero-order valence-electron chi connectivity index (χ0n) is 20.6. The molecule has 0 aliphatic carbocycles. The van der Waals surface area contributed by atoms with E-state index in [1.165, 1.54) is 11.6 Å². The fourth-order valence-corrected chi connectivity index (χ4v) is 5.32. The summed E-state index contributed by atoms with van der Waals surface area (Å²) in [5, 5.41) is 8.18. The van der Waals surface area contributed by atoms with Crippen LogP contribution in [0.2, 0.25) is 0 Å². The van der Waals surface area contributed by atoms with Crippen LogP contribution in [0.5, 0.6) is 17.2 Å². The summed E-state index contributed by atoms with van der Waals surface area (Å²) >= 11 is 0.749. The number of sulfone groups is 1. The van der Waals surface area contributed by atoms with E-state index in [4.69, 9.17) is 19.6 Å². The van der Waals surface area contributed by atoms with E-state index in [-0.39, 0.29) is 21.7 Å². The highest BCUT2D eigenvalue weighted by atomic mass is 32.2. The number of hydrogen-bond acceptors (Lipinski definition) is 9. The molecule has 0 aromatic heterocycles. The molecular weight excluding hydrogens is 516 g/mol.